The van der Waals surface area contributed by atoms with Gasteiger partial charge < -0.3 is 15.4 Å². The molecule has 0 spiro atoms. The topological polar surface area (TPSA) is 102 Å². The minimum atomic E-state index is -0.454. The van der Waals surface area contributed by atoms with Gasteiger partial charge in [-0.15, -0.1) is 0 Å². The zero-order chi connectivity index (χ0) is 14.5. The molecule has 0 amide bonds. The molecule has 0 unspecified atom stereocenters. The number of methoxy groups -OCH3 is 1. The molecule has 0 radical (unpaired) electrons. The number of nitro groups is 1. The van der Waals surface area contributed by atoms with Crippen molar-refractivity contribution in [3.63, 3.8) is 0 Å². The van der Waals surface area contributed by atoms with E-state index in [9.17, 15) is 10.1 Å². The Balaban J connectivity index is 2.29. The molecule has 1 aromatic heterocycles. The first-order chi connectivity index (χ1) is 9.62. The van der Waals surface area contributed by atoms with E-state index in [1.165, 1.54) is 19.2 Å². The number of nitrogens with one attached hydrogen (secondary N) is 2. The van der Waals surface area contributed by atoms with Crippen LogP contribution in [0.5, 0.6) is 6.01 Å². The van der Waals surface area contributed by atoms with E-state index in [1.807, 2.05) is 0 Å². The Bertz CT molecular complexity index is 610. The van der Waals surface area contributed by atoms with Crippen molar-refractivity contribution in [2.45, 2.75) is 0 Å². The Morgan fingerprint density at radius 3 is 2.65 bits per heavy atom. The Morgan fingerprint density at radius 1 is 1.25 bits per heavy atom. The number of nitro benzene ring substituents is 1. The number of benzene rings is 1. The molecule has 0 saturated carbocycles. The van der Waals surface area contributed by atoms with Crippen LogP contribution in [0.15, 0.2) is 30.3 Å². The molecule has 2 aromatic rings. The summed E-state index contributed by atoms with van der Waals surface area (Å²) in [6.45, 7) is 0. The average molecular weight is 275 g/mol. The van der Waals surface area contributed by atoms with Gasteiger partial charge in [-0.2, -0.15) is 9.97 Å². The highest BCUT2D eigenvalue weighted by atomic mass is 16.6. The highest BCUT2D eigenvalue weighted by Gasteiger charge is 2.08. The Hall–Kier alpha value is -2.90. The van der Waals surface area contributed by atoms with E-state index in [1.54, 1.807) is 25.2 Å². The summed E-state index contributed by atoms with van der Waals surface area (Å²) in [7, 11) is 3.19. The van der Waals surface area contributed by atoms with Gasteiger partial charge in [-0.3, -0.25) is 10.1 Å². The lowest BCUT2D eigenvalue weighted by Gasteiger charge is -2.08. The summed E-state index contributed by atoms with van der Waals surface area (Å²) in [6, 6.07) is 8.02. The van der Waals surface area contributed by atoms with E-state index in [2.05, 4.69) is 20.6 Å². The van der Waals surface area contributed by atoms with Gasteiger partial charge in [0.15, 0.2) is 0 Å². The molecule has 1 heterocycles. The van der Waals surface area contributed by atoms with Gasteiger partial charge in [0.2, 0.25) is 0 Å². The number of aromatic nitrogens is 2. The zero-order valence-corrected chi connectivity index (χ0v) is 11.0. The fourth-order valence-electron chi connectivity index (χ4n) is 1.55. The van der Waals surface area contributed by atoms with Crippen molar-refractivity contribution in [1.29, 1.82) is 0 Å². The molecule has 1 aromatic carbocycles. The van der Waals surface area contributed by atoms with Gasteiger partial charge in [0.05, 0.1) is 12.0 Å². The maximum Gasteiger partial charge on any atom is 0.320 e. The van der Waals surface area contributed by atoms with Gasteiger partial charge in [-0.05, 0) is 6.07 Å². The summed E-state index contributed by atoms with van der Waals surface area (Å²) >= 11 is 0. The number of nitrogens with zero attached hydrogens (tertiary/aromatic N) is 3. The fraction of sp³-hybridized carbons (Fsp3) is 0.167. The minimum absolute atomic E-state index is 0.00450. The van der Waals surface area contributed by atoms with Crippen LogP contribution in [0.1, 0.15) is 0 Å². The van der Waals surface area contributed by atoms with E-state index in [0.717, 1.165) is 0 Å². The second-order valence-electron chi connectivity index (χ2n) is 3.81. The third kappa shape index (κ3) is 3.10. The maximum atomic E-state index is 10.7. The first-order valence-corrected chi connectivity index (χ1v) is 5.74. The molecule has 0 aliphatic heterocycles. The molecule has 2 rings (SSSR count). The lowest BCUT2D eigenvalue weighted by Crippen LogP contribution is -2.02. The summed E-state index contributed by atoms with van der Waals surface area (Å²) in [5.41, 5.74) is 0.562. The van der Waals surface area contributed by atoms with Crippen molar-refractivity contribution in [2.75, 3.05) is 24.8 Å². The van der Waals surface area contributed by atoms with Crippen LogP contribution in [-0.2, 0) is 0 Å². The molecular weight excluding hydrogens is 262 g/mol. The molecule has 0 atom stereocenters. The van der Waals surface area contributed by atoms with Gasteiger partial charge in [-0.1, -0.05) is 6.07 Å². The van der Waals surface area contributed by atoms with E-state index in [0.29, 0.717) is 17.3 Å². The molecule has 104 valence electrons. The quantitative estimate of drug-likeness (QED) is 0.636. The van der Waals surface area contributed by atoms with E-state index in [-0.39, 0.29) is 11.7 Å². The SMILES string of the molecule is CNc1cc(Nc2cccc([N+](=O)[O-])c2)nc(OC)n1. The summed E-state index contributed by atoms with van der Waals surface area (Å²) in [5.74, 6) is 1.05. The number of non-ortho nitro benzene ring substituents is 1. The van der Waals surface area contributed by atoms with Crippen LogP contribution in [0.3, 0.4) is 0 Å². The Labute approximate surface area is 115 Å². The molecule has 0 aliphatic carbocycles. The van der Waals surface area contributed by atoms with E-state index >= 15 is 0 Å². The predicted octanol–water partition coefficient (Wildman–Crippen LogP) is 2.18. The summed E-state index contributed by atoms with van der Waals surface area (Å²) in [6.07, 6.45) is 0. The number of rotatable bonds is 5. The van der Waals surface area contributed by atoms with Crippen molar-refractivity contribution >= 4 is 23.0 Å². The molecule has 0 aliphatic rings. The summed E-state index contributed by atoms with van der Waals surface area (Å²) in [4.78, 5) is 18.5. The van der Waals surface area contributed by atoms with Crippen LogP contribution < -0.4 is 15.4 Å². The van der Waals surface area contributed by atoms with Crippen molar-refractivity contribution in [1.82, 2.24) is 9.97 Å². The molecular formula is C12H13N5O3. The van der Waals surface area contributed by atoms with Crippen molar-refractivity contribution in [3.05, 3.63) is 40.4 Å². The number of ether oxygens (including phenoxy) is 1. The monoisotopic (exact) mass is 275 g/mol. The normalized spacial score (nSPS) is 9.90. The standard InChI is InChI=1S/C12H13N5O3/c1-13-10-7-11(16-12(15-10)20-2)14-8-4-3-5-9(6-8)17(18)19/h3-7H,1-2H3,(H2,13,14,15,16). The molecule has 2 N–H and O–H groups in total. The second-order valence-corrected chi connectivity index (χ2v) is 3.81. The van der Waals surface area contributed by atoms with Crippen LogP contribution >= 0.6 is 0 Å². The highest BCUT2D eigenvalue weighted by molar-refractivity contribution is 5.62. The van der Waals surface area contributed by atoms with Gasteiger partial charge in [0.1, 0.15) is 11.6 Å². The van der Waals surface area contributed by atoms with Crippen LogP contribution in [0.25, 0.3) is 0 Å². The third-order valence-electron chi connectivity index (χ3n) is 2.47. The molecule has 0 fully saturated rings. The first kappa shape index (κ1) is 13.5. The lowest BCUT2D eigenvalue weighted by molar-refractivity contribution is -0.384. The number of hydrogen-bond donors (Lipinski definition) is 2. The zero-order valence-electron chi connectivity index (χ0n) is 11.0. The van der Waals surface area contributed by atoms with Crippen LogP contribution in [0.4, 0.5) is 23.0 Å². The van der Waals surface area contributed by atoms with Crippen molar-refractivity contribution in [3.8, 4) is 6.01 Å². The maximum absolute atomic E-state index is 10.7. The van der Waals surface area contributed by atoms with Crippen molar-refractivity contribution in [2.24, 2.45) is 0 Å². The third-order valence-corrected chi connectivity index (χ3v) is 2.47. The second kappa shape index (κ2) is 5.83. The van der Waals surface area contributed by atoms with Crippen LogP contribution in [-0.4, -0.2) is 29.0 Å². The van der Waals surface area contributed by atoms with E-state index < -0.39 is 4.92 Å². The first-order valence-electron chi connectivity index (χ1n) is 5.74. The molecule has 0 bridgehead atoms. The van der Waals surface area contributed by atoms with Crippen molar-refractivity contribution < 1.29 is 9.66 Å². The Morgan fingerprint density at radius 2 is 2.00 bits per heavy atom. The number of hydrogen-bond acceptors (Lipinski definition) is 7. The van der Waals surface area contributed by atoms with Gasteiger partial charge >= 0.3 is 6.01 Å². The average Bonchev–Trinajstić information content (AvgIpc) is 2.47. The predicted molar refractivity (Wildman–Crippen MR) is 74.5 cm³/mol. The van der Waals surface area contributed by atoms with Crippen LogP contribution in [0, 0.1) is 10.1 Å². The summed E-state index contributed by atoms with van der Waals surface area (Å²) in [5, 5.41) is 16.6. The minimum Gasteiger partial charge on any atom is -0.467 e. The molecule has 8 nitrogen and oxygen atoms in total. The fourth-order valence-corrected chi connectivity index (χ4v) is 1.55. The van der Waals surface area contributed by atoms with Crippen LogP contribution in [0.2, 0.25) is 0 Å². The Kier molecular flexibility index (Phi) is 3.94. The summed E-state index contributed by atoms with van der Waals surface area (Å²) < 4.78 is 4.99. The smallest absolute Gasteiger partial charge is 0.320 e. The highest BCUT2D eigenvalue weighted by Crippen LogP contribution is 2.22. The molecule has 0 saturated heterocycles. The van der Waals surface area contributed by atoms with Gasteiger partial charge in [0.25, 0.3) is 5.69 Å². The molecule has 20 heavy (non-hydrogen) atoms. The molecule has 8 heteroatoms. The largest absolute Gasteiger partial charge is 0.467 e. The lowest BCUT2D eigenvalue weighted by atomic mass is 10.3. The van der Waals surface area contributed by atoms with E-state index in [4.69, 9.17) is 4.74 Å². The van der Waals surface area contributed by atoms with Gasteiger partial charge in [-0.25, -0.2) is 0 Å². The van der Waals surface area contributed by atoms with Gasteiger partial charge in [0, 0.05) is 30.9 Å². The number of anilines is 3.